The van der Waals surface area contributed by atoms with Crippen LogP contribution >= 0.6 is 0 Å². The third kappa shape index (κ3) is 4.04. The summed E-state index contributed by atoms with van der Waals surface area (Å²) in [7, 11) is 0. The Bertz CT molecular complexity index is 507. The van der Waals surface area contributed by atoms with Crippen molar-refractivity contribution in [3.8, 4) is 0 Å². The Morgan fingerprint density at radius 2 is 1.85 bits per heavy atom. The van der Waals surface area contributed by atoms with E-state index in [1.54, 1.807) is 12.1 Å². The van der Waals surface area contributed by atoms with Gasteiger partial charge in [0.25, 0.3) is 5.69 Å². The summed E-state index contributed by atoms with van der Waals surface area (Å²) >= 11 is 0. The molecule has 0 aliphatic carbocycles. The number of hydrazone groups is 1. The number of likely N-dealkylation sites (N-methyl/N-ethyl adjacent to an activating group) is 1. The number of ketones is 1. The number of nitro benzene ring substituents is 1. The van der Waals surface area contributed by atoms with Gasteiger partial charge in [0.05, 0.1) is 10.6 Å². The number of nitro groups is 1. The molecule has 7 nitrogen and oxygen atoms in total. The second kappa shape index (κ2) is 7.22. The molecule has 0 amide bonds. The third-order valence-corrected chi connectivity index (χ3v) is 2.75. The van der Waals surface area contributed by atoms with Crippen molar-refractivity contribution in [1.29, 1.82) is 0 Å². The summed E-state index contributed by atoms with van der Waals surface area (Å²) in [5.41, 5.74) is 3.34. The molecular formula is C13H18N4O3. The highest BCUT2D eigenvalue weighted by molar-refractivity contribution is 6.37. The van der Waals surface area contributed by atoms with Crippen molar-refractivity contribution in [3.63, 3.8) is 0 Å². The van der Waals surface area contributed by atoms with Crippen LogP contribution in [-0.2, 0) is 4.79 Å². The standard InChI is InChI=1S/C13H18N4O3/c1-4-16(5-2)13(10(3)18)15-14-11-6-8-12(9-7-11)17(19)20/h6-9,14H,4-5H2,1-3H3/b15-13+. The number of carbonyl (C=O) groups is 1. The minimum atomic E-state index is -0.468. The van der Waals surface area contributed by atoms with E-state index in [0.717, 1.165) is 0 Å². The summed E-state index contributed by atoms with van der Waals surface area (Å²) < 4.78 is 0. The van der Waals surface area contributed by atoms with Gasteiger partial charge in [-0.2, -0.15) is 5.10 Å². The Morgan fingerprint density at radius 1 is 1.30 bits per heavy atom. The van der Waals surface area contributed by atoms with Gasteiger partial charge in [0.2, 0.25) is 0 Å². The number of rotatable bonds is 6. The molecule has 1 rings (SSSR count). The smallest absolute Gasteiger partial charge is 0.269 e. The quantitative estimate of drug-likeness (QED) is 0.373. The van der Waals surface area contributed by atoms with E-state index in [9.17, 15) is 14.9 Å². The van der Waals surface area contributed by atoms with Gasteiger partial charge in [-0.1, -0.05) is 0 Å². The number of benzene rings is 1. The minimum Gasteiger partial charge on any atom is -0.353 e. The number of nitrogens with one attached hydrogen (secondary N) is 1. The predicted molar refractivity (Wildman–Crippen MR) is 77.8 cm³/mol. The van der Waals surface area contributed by atoms with Crippen LogP contribution in [0.5, 0.6) is 0 Å². The van der Waals surface area contributed by atoms with Crippen molar-refractivity contribution in [1.82, 2.24) is 4.90 Å². The molecule has 0 aliphatic heterocycles. The first kappa shape index (κ1) is 15.6. The Labute approximate surface area is 117 Å². The molecule has 7 heteroatoms. The van der Waals surface area contributed by atoms with Gasteiger partial charge in [-0.25, -0.2) is 0 Å². The van der Waals surface area contributed by atoms with Crippen LogP contribution in [0.3, 0.4) is 0 Å². The van der Waals surface area contributed by atoms with E-state index in [-0.39, 0.29) is 11.5 Å². The summed E-state index contributed by atoms with van der Waals surface area (Å²) in [6.07, 6.45) is 0. The maximum Gasteiger partial charge on any atom is 0.269 e. The van der Waals surface area contributed by atoms with Gasteiger partial charge >= 0.3 is 0 Å². The molecule has 0 atom stereocenters. The molecule has 0 saturated heterocycles. The average Bonchev–Trinajstić information content (AvgIpc) is 2.43. The maximum absolute atomic E-state index is 11.6. The van der Waals surface area contributed by atoms with Crippen molar-refractivity contribution >= 4 is 23.0 Å². The van der Waals surface area contributed by atoms with Crippen LogP contribution in [0.1, 0.15) is 20.8 Å². The fourth-order valence-corrected chi connectivity index (χ4v) is 1.67. The lowest BCUT2D eigenvalue weighted by molar-refractivity contribution is -0.384. The number of hydrogen-bond donors (Lipinski definition) is 1. The summed E-state index contributed by atoms with van der Waals surface area (Å²) in [6.45, 7) is 6.68. The van der Waals surface area contributed by atoms with E-state index >= 15 is 0 Å². The van der Waals surface area contributed by atoms with Crippen LogP contribution in [0.15, 0.2) is 29.4 Å². The third-order valence-electron chi connectivity index (χ3n) is 2.75. The van der Waals surface area contributed by atoms with E-state index in [2.05, 4.69) is 10.5 Å². The van der Waals surface area contributed by atoms with Crippen LogP contribution in [0.4, 0.5) is 11.4 Å². The highest BCUT2D eigenvalue weighted by Gasteiger charge is 2.12. The van der Waals surface area contributed by atoms with Crippen molar-refractivity contribution in [2.24, 2.45) is 5.10 Å². The van der Waals surface area contributed by atoms with Gasteiger partial charge in [-0.3, -0.25) is 20.3 Å². The molecule has 0 fully saturated rings. The van der Waals surface area contributed by atoms with E-state index in [0.29, 0.717) is 24.6 Å². The van der Waals surface area contributed by atoms with Crippen molar-refractivity contribution in [2.45, 2.75) is 20.8 Å². The lowest BCUT2D eigenvalue weighted by atomic mass is 10.3. The first-order chi connectivity index (χ1) is 9.49. The SMILES string of the molecule is CCN(CC)/C(=N/Nc1ccc([N+](=O)[O-])cc1)C(C)=O. The van der Waals surface area contributed by atoms with Gasteiger partial charge in [0, 0.05) is 32.1 Å². The molecule has 0 aliphatic rings. The van der Waals surface area contributed by atoms with Crippen LogP contribution in [0, 0.1) is 10.1 Å². The first-order valence-electron chi connectivity index (χ1n) is 6.33. The average molecular weight is 278 g/mol. The highest BCUT2D eigenvalue weighted by Crippen LogP contribution is 2.15. The van der Waals surface area contributed by atoms with Crippen LogP contribution in [0.25, 0.3) is 0 Å². The van der Waals surface area contributed by atoms with E-state index < -0.39 is 4.92 Å². The topological polar surface area (TPSA) is 87.8 Å². The van der Waals surface area contributed by atoms with Crippen molar-refractivity contribution in [3.05, 3.63) is 34.4 Å². The molecule has 0 aromatic heterocycles. The molecule has 0 saturated carbocycles. The fourth-order valence-electron chi connectivity index (χ4n) is 1.67. The lowest BCUT2D eigenvalue weighted by Crippen LogP contribution is -2.36. The van der Waals surface area contributed by atoms with Crippen LogP contribution < -0.4 is 5.43 Å². The summed E-state index contributed by atoms with van der Waals surface area (Å²) in [4.78, 5) is 23.5. The molecule has 0 heterocycles. The Kier molecular flexibility index (Phi) is 5.64. The number of non-ortho nitro benzene ring substituents is 1. The zero-order valence-electron chi connectivity index (χ0n) is 11.8. The fraction of sp³-hybridized carbons (Fsp3) is 0.385. The van der Waals surface area contributed by atoms with Gasteiger partial charge in [-0.15, -0.1) is 0 Å². The molecule has 0 spiro atoms. The number of carbonyl (C=O) groups excluding carboxylic acids is 1. The van der Waals surface area contributed by atoms with E-state index in [1.165, 1.54) is 19.1 Å². The maximum atomic E-state index is 11.6. The van der Waals surface area contributed by atoms with Crippen LogP contribution in [0.2, 0.25) is 0 Å². The number of anilines is 1. The first-order valence-corrected chi connectivity index (χ1v) is 6.33. The number of hydrogen-bond acceptors (Lipinski definition) is 5. The number of Topliss-reactive ketones (excluding diaryl/α,β-unsaturated/α-hetero) is 1. The number of nitrogens with zero attached hydrogens (tertiary/aromatic N) is 3. The molecule has 1 aromatic carbocycles. The summed E-state index contributed by atoms with van der Waals surface area (Å²) in [5, 5.41) is 14.6. The Hall–Kier alpha value is -2.44. The molecule has 108 valence electrons. The van der Waals surface area contributed by atoms with E-state index in [4.69, 9.17) is 0 Å². The lowest BCUT2D eigenvalue weighted by Gasteiger charge is -2.20. The Morgan fingerprint density at radius 3 is 2.25 bits per heavy atom. The largest absolute Gasteiger partial charge is 0.353 e. The molecule has 20 heavy (non-hydrogen) atoms. The van der Waals surface area contributed by atoms with Gasteiger partial charge in [-0.05, 0) is 26.0 Å². The van der Waals surface area contributed by atoms with Gasteiger partial charge < -0.3 is 4.90 Å². The second-order valence-corrected chi connectivity index (χ2v) is 4.08. The molecule has 1 N–H and O–H groups in total. The second-order valence-electron chi connectivity index (χ2n) is 4.08. The zero-order chi connectivity index (χ0) is 15.1. The Balaban J connectivity index is 2.87. The summed E-state index contributed by atoms with van der Waals surface area (Å²) in [5.74, 6) is 0.205. The van der Waals surface area contributed by atoms with Gasteiger partial charge in [0.1, 0.15) is 0 Å². The monoisotopic (exact) mass is 278 g/mol. The molecule has 0 unspecified atom stereocenters. The van der Waals surface area contributed by atoms with Crippen molar-refractivity contribution in [2.75, 3.05) is 18.5 Å². The normalized spacial score (nSPS) is 11.1. The van der Waals surface area contributed by atoms with Gasteiger partial charge in [0.15, 0.2) is 11.6 Å². The predicted octanol–water partition coefficient (Wildman–Crippen LogP) is 2.25. The zero-order valence-corrected chi connectivity index (χ0v) is 11.8. The molecule has 1 aromatic rings. The molecule has 0 radical (unpaired) electrons. The molecule has 0 bridgehead atoms. The van der Waals surface area contributed by atoms with E-state index in [1.807, 2.05) is 18.7 Å². The number of amidine groups is 1. The van der Waals surface area contributed by atoms with Crippen molar-refractivity contribution < 1.29 is 9.72 Å². The summed E-state index contributed by atoms with van der Waals surface area (Å²) in [6, 6.07) is 5.84. The van der Waals surface area contributed by atoms with Crippen LogP contribution in [-0.4, -0.2) is 34.5 Å². The highest BCUT2D eigenvalue weighted by atomic mass is 16.6. The minimum absolute atomic E-state index is 0.00932. The molecular weight excluding hydrogens is 260 g/mol.